The largest absolute Gasteiger partial charge is 0.481 e. The molecular formula is C7H13Cl2N3O. The summed E-state index contributed by atoms with van der Waals surface area (Å²) >= 11 is 0. The summed E-state index contributed by atoms with van der Waals surface area (Å²) in [7, 11) is 1.55. The number of ether oxygens (including phenoxy) is 1. The number of nitrogens with two attached hydrogens (primary N) is 2. The van der Waals surface area contributed by atoms with Crippen LogP contribution in [0.3, 0.4) is 0 Å². The molecule has 0 spiro atoms. The summed E-state index contributed by atoms with van der Waals surface area (Å²) in [5.74, 6) is 0.541. The number of methoxy groups -OCH3 is 1. The van der Waals surface area contributed by atoms with Crippen LogP contribution in [0.5, 0.6) is 5.88 Å². The van der Waals surface area contributed by atoms with Crippen LogP contribution in [0.15, 0.2) is 12.1 Å². The first-order valence-electron chi connectivity index (χ1n) is 3.27. The van der Waals surface area contributed by atoms with Gasteiger partial charge in [-0.3, -0.25) is 0 Å². The Bertz CT molecular complexity index is 257. The molecule has 4 nitrogen and oxygen atoms in total. The van der Waals surface area contributed by atoms with Gasteiger partial charge in [-0.25, -0.2) is 4.98 Å². The molecule has 76 valence electrons. The zero-order valence-corrected chi connectivity index (χ0v) is 8.82. The van der Waals surface area contributed by atoms with Gasteiger partial charge in [-0.15, -0.1) is 24.8 Å². The fraction of sp³-hybridized carbons (Fsp3) is 0.286. The van der Waals surface area contributed by atoms with Gasteiger partial charge >= 0.3 is 0 Å². The van der Waals surface area contributed by atoms with E-state index in [1.165, 1.54) is 0 Å². The van der Waals surface area contributed by atoms with Crippen molar-refractivity contribution in [1.29, 1.82) is 0 Å². The number of pyridine rings is 1. The van der Waals surface area contributed by atoms with Gasteiger partial charge in [0.15, 0.2) is 0 Å². The molecule has 0 atom stereocenters. The average molecular weight is 226 g/mol. The Morgan fingerprint density at radius 2 is 2.00 bits per heavy atom. The van der Waals surface area contributed by atoms with E-state index in [0.717, 1.165) is 0 Å². The molecular weight excluding hydrogens is 213 g/mol. The first-order chi connectivity index (χ1) is 5.27. The van der Waals surface area contributed by atoms with Crippen LogP contribution in [-0.4, -0.2) is 12.1 Å². The SMILES string of the molecule is COc1ccc(N)c(CN)n1.Cl.Cl. The van der Waals surface area contributed by atoms with Gasteiger partial charge in [0.2, 0.25) is 5.88 Å². The van der Waals surface area contributed by atoms with Crippen LogP contribution in [0.1, 0.15) is 5.69 Å². The molecule has 0 saturated carbocycles. The van der Waals surface area contributed by atoms with Crippen LogP contribution in [0, 0.1) is 0 Å². The lowest BCUT2D eigenvalue weighted by Crippen LogP contribution is -2.05. The fourth-order valence-electron chi connectivity index (χ4n) is 0.769. The van der Waals surface area contributed by atoms with Crippen molar-refractivity contribution in [2.45, 2.75) is 6.54 Å². The van der Waals surface area contributed by atoms with E-state index in [4.69, 9.17) is 16.2 Å². The number of aromatic nitrogens is 1. The predicted molar refractivity (Wildman–Crippen MR) is 57.6 cm³/mol. The summed E-state index contributed by atoms with van der Waals surface area (Å²) in [6, 6.07) is 3.43. The van der Waals surface area contributed by atoms with E-state index in [2.05, 4.69) is 4.98 Å². The number of nitrogens with zero attached hydrogens (tertiary/aromatic N) is 1. The van der Waals surface area contributed by atoms with Gasteiger partial charge in [-0.1, -0.05) is 0 Å². The lowest BCUT2D eigenvalue weighted by molar-refractivity contribution is 0.396. The summed E-state index contributed by atoms with van der Waals surface area (Å²) in [4.78, 5) is 4.04. The second-order valence-corrected chi connectivity index (χ2v) is 2.09. The molecule has 1 aromatic rings. The molecule has 13 heavy (non-hydrogen) atoms. The normalized spacial score (nSPS) is 8.15. The average Bonchev–Trinajstić information content (AvgIpc) is 2.05. The Hall–Kier alpha value is -0.710. The number of anilines is 1. The maximum atomic E-state index is 5.56. The van der Waals surface area contributed by atoms with Crippen LogP contribution in [0.25, 0.3) is 0 Å². The number of hydrogen-bond acceptors (Lipinski definition) is 4. The molecule has 0 unspecified atom stereocenters. The molecule has 0 amide bonds. The van der Waals surface area contributed by atoms with E-state index < -0.39 is 0 Å². The number of rotatable bonds is 2. The van der Waals surface area contributed by atoms with Crippen LogP contribution < -0.4 is 16.2 Å². The van der Waals surface area contributed by atoms with Gasteiger partial charge in [-0.2, -0.15) is 0 Å². The van der Waals surface area contributed by atoms with Gasteiger partial charge in [0.05, 0.1) is 18.5 Å². The predicted octanol–water partition coefficient (Wildman–Crippen LogP) is 0.975. The van der Waals surface area contributed by atoms with Crippen molar-refractivity contribution >= 4 is 30.5 Å². The second-order valence-electron chi connectivity index (χ2n) is 2.09. The van der Waals surface area contributed by atoms with Crippen molar-refractivity contribution < 1.29 is 4.74 Å². The van der Waals surface area contributed by atoms with Crippen LogP contribution >= 0.6 is 24.8 Å². The molecule has 0 aliphatic rings. The lowest BCUT2D eigenvalue weighted by atomic mass is 10.3. The van der Waals surface area contributed by atoms with Gasteiger partial charge in [0.1, 0.15) is 0 Å². The van der Waals surface area contributed by atoms with E-state index in [1.54, 1.807) is 19.2 Å². The van der Waals surface area contributed by atoms with Crippen molar-refractivity contribution in [1.82, 2.24) is 4.98 Å². The van der Waals surface area contributed by atoms with Gasteiger partial charge in [0.25, 0.3) is 0 Å². The van der Waals surface area contributed by atoms with E-state index >= 15 is 0 Å². The van der Waals surface area contributed by atoms with Crippen molar-refractivity contribution in [3.05, 3.63) is 17.8 Å². The van der Waals surface area contributed by atoms with Gasteiger partial charge in [-0.05, 0) is 6.07 Å². The Balaban J connectivity index is 0. The molecule has 1 rings (SSSR count). The molecule has 0 saturated heterocycles. The molecule has 0 fully saturated rings. The first-order valence-corrected chi connectivity index (χ1v) is 3.27. The number of nitrogen functional groups attached to an aromatic ring is 1. The highest BCUT2D eigenvalue weighted by molar-refractivity contribution is 5.85. The number of hydrogen-bond donors (Lipinski definition) is 2. The quantitative estimate of drug-likeness (QED) is 0.788. The Labute approximate surface area is 89.5 Å². The second kappa shape index (κ2) is 6.77. The molecule has 0 aromatic carbocycles. The summed E-state index contributed by atoms with van der Waals surface area (Å²) in [5, 5.41) is 0. The highest BCUT2D eigenvalue weighted by Gasteiger charge is 1.99. The third kappa shape index (κ3) is 3.67. The maximum Gasteiger partial charge on any atom is 0.213 e. The third-order valence-corrected chi connectivity index (χ3v) is 1.39. The standard InChI is InChI=1S/C7H11N3O.2ClH/c1-11-7-3-2-5(9)6(4-8)10-7;;/h2-3H,4,8-9H2,1H3;2*1H. The Morgan fingerprint density at radius 1 is 1.38 bits per heavy atom. The molecule has 0 aliphatic heterocycles. The highest BCUT2D eigenvalue weighted by Crippen LogP contribution is 2.13. The zero-order valence-electron chi connectivity index (χ0n) is 7.19. The van der Waals surface area contributed by atoms with Crippen LogP contribution in [0.4, 0.5) is 5.69 Å². The highest BCUT2D eigenvalue weighted by atomic mass is 35.5. The summed E-state index contributed by atoms with van der Waals surface area (Å²) in [6.45, 7) is 0.336. The Kier molecular flexibility index (Phi) is 7.70. The smallest absolute Gasteiger partial charge is 0.213 e. The fourth-order valence-corrected chi connectivity index (χ4v) is 0.769. The minimum atomic E-state index is 0. The number of halogens is 2. The molecule has 1 aromatic heterocycles. The lowest BCUT2D eigenvalue weighted by Gasteiger charge is -2.03. The molecule has 6 heteroatoms. The van der Waals surface area contributed by atoms with Crippen molar-refractivity contribution in [3.8, 4) is 5.88 Å². The minimum Gasteiger partial charge on any atom is -0.481 e. The summed E-state index contributed by atoms with van der Waals surface area (Å²) in [6.07, 6.45) is 0. The van der Waals surface area contributed by atoms with Crippen LogP contribution in [-0.2, 0) is 6.54 Å². The van der Waals surface area contributed by atoms with Gasteiger partial charge in [0, 0.05) is 12.6 Å². The van der Waals surface area contributed by atoms with Crippen molar-refractivity contribution in [3.63, 3.8) is 0 Å². The van der Waals surface area contributed by atoms with Crippen LogP contribution in [0.2, 0.25) is 0 Å². The van der Waals surface area contributed by atoms with E-state index in [-0.39, 0.29) is 24.8 Å². The van der Waals surface area contributed by atoms with Crippen molar-refractivity contribution in [2.24, 2.45) is 5.73 Å². The van der Waals surface area contributed by atoms with E-state index in [0.29, 0.717) is 23.8 Å². The van der Waals surface area contributed by atoms with Gasteiger partial charge < -0.3 is 16.2 Å². The third-order valence-electron chi connectivity index (χ3n) is 1.39. The molecule has 0 bridgehead atoms. The minimum absolute atomic E-state index is 0. The molecule has 4 N–H and O–H groups in total. The van der Waals surface area contributed by atoms with E-state index in [9.17, 15) is 0 Å². The van der Waals surface area contributed by atoms with Crippen molar-refractivity contribution in [2.75, 3.05) is 12.8 Å². The zero-order chi connectivity index (χ0) is 8.27. The molecule has 0 aliphatic carbocycles. The molecule has 1 heterocycles. The summed E-state index contributed by atoms with van der Waals surface area (Å²) < 4.78 is 4.89. The Morgan fingerprint density at radius 3 is 2.46 bits per heavy atom. The maximum absolute atomic E-state index is 5.56. The topological polar surface area (TPSA) is 74.2 Å². The monoisotopic (exact) mass is 225 g/mol. The first kappa shape index (κ1) is 14.8. The summed E-state index contributed by atoms with van der Waals surface area (Å²) in [5.41, 5.74) is 12.2. The van der Waals surface area contributed by atoms with E-state index in [1.807, 2.05) is 0 Å². The molecule has 0 radical (unpaired) electrons.